The van der Waals surface area contributed by atoms with Crippen LogP contribution in [0.1, 0.15) is 19.4 Å². The number of nitrogens with zero attached hydrogens (tertiary/aromatic N) is 2. The van der Waals surface area contributed by atoms with Crippen LogP contribution in [0, 0.1) is 0 Å². The second kappa shape index (κ2) is 10.0. The van der Waals surface area contributed by atoms with Gasteiger partial charge in [0.2, 0.25) is 0 Å². The minimum absolute atomic E-state index is 0.126. The highest BCUT2D eigenvalue weighted by Crippen LogP contribution is 2.35. The summed E-state index contributed by atoms with van der Waals surface area (Å²) < 4.78 is 10.7. The third kappa shape index (κ3) is 4.32. The summed E-state index contributed by atoms with van der Waals surface area (Å²) in [7, 11) is 3.07. The molecule has 0 aromatic heterocycles. The summed E-state index contributed by atoms with van der Waals surface area (Å²) >= 11 is 0. The summed E-state index contributed by atoms with van der Waals surface area (Å²) in [5, 5.41) is 3.17. The Bertz CT molecular complexity index is 1040. The first kappa shape index (κ1) is 22.9. The normalized spacial score (nSPS) is 13.4. The summed E-state index contributed by atoms with van der Waals surface area (Å²) in [6.45, 7) is 9.81. The first-order valence-electron chi connectivity index (χ1n) is 10.5. The van der Waals surface area contributed by atoms with Gasteiger partial charge < -0.3 is 19.7 Å². The molecular formula is C25H29N3O4. The number of nitrogens with one attached hydrogen (secondary N) is 1. The number of methoxy groups -OCH3 is 2. The predicted octanol–water partition coefficient (Wildman–Crippen LogP) is 3.93. The number of hydrogen-bond acceptors (Lipinski definition) is 6. The number of rotatable bonds is 10. The molecule has 0 saturated carbocycles. The van der Waals surface area contributed by atoms with Gasteiger partial charge in [-0.1, -0.05) is 12.1 Å². The van der Waals surface area contributed by atoms with Gasteiger partial charge in [-0.25, -0.2) is 0 Å². The van der Waals surface area contributed by atoms with E-state index in [1.165, 1.54) is 18.1 Å². The molecule has 3 rings (SSSR count). The number of carbonyl (C=O) groups excluding carboxylic acids is 2. The third-order valence-corrected chi connectivity index (χ3v) is 5.42. The van der Waals surface area contributed by atoms with E-state index in [-0.39, 0.29) is 23.7 Å². The predicted molar refractivity (Wildman–Crippen MR) is 127 cm³/mol. The van der Waals surface area contributed by atoms with Gasteiger partial charge in [0.1, 0.15) is 5.70 Å². The molecule has 168 valence electrons. The van der Waals surface area contributed by atoms with E-state index >= 15 is 0 Å². The zero-order valence-corrected chi connectivity index (χ0v) is 19.0. The molecule has 0 atom stereocenters. The van der Waals surface area contributed by atoms with Crippen LogP contribution in [-0.2, 0) is 9.59 Å². The number of amides is 2. The van der Waals surface area contributed by atoms with Crippen LogP contribution in [0.2, 0.25) is 0 Å². The van der Waals surface area contributed by atoms with Crippen LogP contribution in [0.15, 0.2) is 60.8 Å². The number of anilines is 2. The van der Waals surface area contributed by atoms with Crippen LogP contribution < -0.4 is 19.7 Å². The van der Waals surface area contributed by atoms with Gasteiger partial charge in [-0.3, -0.25) is 14.5 Å². The van der Waals surface area contributed by atoms with E-state index in [2.05, 4.69) is 30.6 Å². The number of imide groups is 1. The van der Waals surface area contributed by atoms with Crippen molar-refractivity contribution in [1.82, 2.24) is 4.90 Å². The van der Waals surface area contributed by atoms with Gasteiger partial charge in [0, 0.05) is 31.0 Å². The molecular weight excluding hydrogens is 406 g/mol. The number of hydrogen-bond donors (Lipinski definition) is 1. The van der Waals surface area contributed by atoms with E-state index in [1.54, 1.807) is 25.3 Å². The molecule has 1 aliphatic rings. The molecule has 7 nitrogen and oxygen atoms in total. The molecule has 0 bridgehead atoms. The minimum atomic E-state index is -0.396. The largest absolute Gasteiger partial charge is 0.493 e. The van der Waals surface area contributed by atoms with E-state index in [0.29, 0.717) is 17.1 Å². The average molecular weight is 436 g/mol. The Morgan fingerprint density at radius 2 is 1.62 bits per heavy atom. The Labute approximate surface area is 188 Å². The highest BCUT2D eigenvalue weighted by Gasteiger charge is 2.38. The number of ether oxygens (including phenoxy) is 2. The summed E-state index contributed by atoms with van der Waals surface area (Å²) in [5.74, 6) is 0.234. The maximum absolute atomic E-state index is 13.2. The summed E-state index contributed by atoms with van der Waals surface area (Å²) in [6, 6.07) is 12.9. The second-order valence-corrected chi connectivity index (χ2v) is 7.17. The van der Waals surface area contributed by atoms with Crippen LogP contribution in [0.3, 0.4) is 0 Å². The Morgan fingerprint density at radius 1 is 0.969 bits per heavy atom. The summed E-state index contributed by atoms with van der Waals surface area (Å²) in [6.07, 6.45) is 1.53. The average Bonchev–Trinajstić information content (AvgIpc) is 3.05. The zero-order valence-electron chi connectivity index (χ0n) is 19.0. The van der Waals surface area contributed by atoms with E-state index < -0.39 is 5.91 Å². The fourth-order valence-electron chi connectivity index (χ4n) is 3.74. The molecule has 2 aromatic rings. The van der Waals surface area contributed by atoms with Gasteiger partial charge in [-0.15, -0.1) is 6.58 Å². The highest BCUT2D eigenvalue weighted by molar-refractivity contribution is 6.36. The van der Waals surface area contributed by atoms with Crippen LogP contribution in [-0.4, -0.2) is 50.6 Å². The molecule has 0 unspecified atom stereocenters. The highest BCUT2D eigenvalue weighted by atomic mass is 16.5. The van der Waals surface area contributed by atoms with Crippen molar-refractivity contribution in [2.24, 2.45) is 0 Å². The van der Waals surface area contributed by atoms with Crippen LogP contribution in [0.4, 0.5) is 11.4 Å². The maximum Gasteiger partial charge on any atom is 0.278 e. The first-order valence-corrected chi connectivity index (χ1v) is 10.5. The first-order chi connectivity index (χ1) is 15.5. The van der Waals surface area contributed by atoms with Crippen LogP contribution >= 0.6 is 0 Å². The Hall–Kier alpha value is -3.74. The third-order valence-electron chi connectivity index (χ3n) is 5.42. The molecule has 0 saturated heterocycles. The molecule has 0 aliphatic carbocycles. The van der Waals surface area contributed by atoms with Crippen molar-refractivity contribution in [1.29, 1.82) is 0 Å². The Morgan fingerprint density at radius 3 is 2.19 bits per heavy atom. The van der Waals surface area contributed by atoms with E-state index in [9.17, 15) is 9.59 Å². The number of carbonyl (C=O) groups is 2. The van der Waals surface area contributed by atoms with Crippen LogP contribution in [0.5, 0.6) is 11.5 Å². The van der Waals surface area contributed by atoms with E-state index in [1.807, 2.05) is 24.3 Å². The van der Waals surface area contributed by atoms with Gasteiger partial charge >= 0.3 is 0 Å². The summed E-state index contributed by atoms with van der Waals surface area (Å²) in [4.78, 5) is 29.7. The zero-order chi connectivity index (χ0) is 23.3. The van der Waals surface area contributed by atoms with Gasteiger partial charge in [0.05, 0.1) is 19.8 Å². The molecule has 0 spiro atoms. The van der Waals surface area contributed by atoms with Crippen molar-refractivity contribution >= 4 is 28.8 Å². The standard InChI is InChI=1S/C25H29N3O4/c1-6-15-28-24(29)22(17-9-14-20(31-4)21(16-17)32-5)23(25(28)30)26-18-10-12-19(13-11-18)27(7-2)8-3/h6,9-14,16,26H,1,7-8,15H2,2-5H3. The fourth-order valence-corrected chi connectivity index (χ4v) is 3.74. The van der Waals surface area contributed by atoms with Gasteiger partial charge in [-0.2, -0.15) is 0 Å². The molecule has 2 aromatic carbocycles. The van der Waals surface area contributed by atoms with Crippen molar-refractivity contribution in [3.8, 4) is 11.5 Å². The maximum atomic E-state index is 13.2. The molecule has 0 fully saturated rings. The van der Waals surface area contributed by atoms with E-state index in [0.717, 1.165) is 24.5 Å². The SMILES string of the molecule is C=CCN1C(=O)C(Nc2ccc(N(CC)CC)cc2)=C(c2ccc(OC)c(OC)c2)C1=O. The quantitative estimate of drug-likeness (QED) is 0.450. The topological polar surface area (TPSA) is 71.1 Å². The fraction of sp³-hybridized carbons (Fsp3) is 0.280. The lowest BCUT2D eigenvalue weighted by molar-refractivity contribution is -0.136. The van der Waals surface area contributed by atoms with Crippen molar-refractivity contribution < 1.29 is 19.1 Å². The van der Waals surface area contributed by atoms with Gasteiger partial charge in [-0.05, 0) is 55.8 Å². The lowest BCUT2D eigenvalue weighted by Gasteiger charge is -2.21. The molecule has 0 radical (unpaired) electrons. The number of benzene rings is 2. The summed E-state index contributed by atoms with van der Waals surface area (Å²) in [5.41, 5.74) is 2.88. The van der Waals surface area contributed by atoms with Crippen molar-refractivity contribution in [3.63, 3.8) is 0 Å². The molecule has 2 amide bonds. The smallest absolute Gasteiger partial charge is 0.278 e. The van der Waals surface area contributed by atoms with E-state index in [4.69, 9.17) is 9.47 Å². The molecule has 1 aliphatic heterocycles. The lowest BCUT2D eigenvalue weighted by atomic mass is 10.0. The molecule has 32 heavy (non-hydrogen) atoms. The molecule has 1 N–H and O–H groups in total. The molecule has 1 heterocycles. The van der Waals surface area contributed by atoms with Crippen molar-refractivity contribution in [2.75, 3.05) is 44.1 Å². The Kier molecular flexibility index (Phi) is 7.20. The Balaban J connectivity index is 2.03. The minimum Gasteiger partial charge on any atom is -0.493 e. The lowest BCUT2D eigenvalue weighted by Crippen LogP contribution is -2.32. The monoisotopic (exact) mass is 435 g/mol. The van der Waals surface area contributed by atoms with Gasteiger partial charge in [0.15, 0.2) is 11.5 Å². The van der Waals surface area contributed by atoms with Crippen molar-refractivity contribution in [2.45, 2.75) is 13.8 Å². The van der Waals surface area contributed by atoms with Gasteiger partial charge in [0.25, 0.3) is 11.8 Å². The molecule has 7 heteroatoms. The second-order valence-electron chi connectivity index (χ2n) is 7.17. The van der Waals surface area contributed by atoms with Crippen LogP contribution in [0.25, 0.3) is 5.57 Å². The van der Waals surface area contributed by atoms with Crippen molar-refractivity contribution in [3.05, 3.63) is 66.4 Å².